The van der Waals surface area contributed by atoms with Gasteiger partial charge in [-0.05, 0) is 74.6 Å². The minimum Gasteiger partial charge on any atom is -0.423 e. The number of rotatable bonds is 5. The molecule has 0 aliphatic heterocycles. The molecule has 3 nitrogen and oxygen atoms in total. The fourth-order valence-electron chi connectivity index (χ4n) is 6.40. The number of anilines is 3. The van der Waals surface area contributed by atoms with E-state index in [0.29, 0.717) is 5.46 Å². The van der Waals surface area contributed by atoms with Gasteiger partial charge in [0.1, 0.15) is 0 Å². The van der Waals surface area contributed by atoms with Crippen molar-refractivity contribution in [3.8, 4) is 22.3 Å². The van der Waals surface area contributed by atoms with Gasteiger partial charge >= 0.3 is 7.12 Å². The average Bonchev–Trinajstić information content (AvgIpc) is 3.24. The summed E-state index contributed by atoms with van der Waals surface area (Å²) in [4.78, 5) is 2.28. The van der Waals surface area contributed by atoms with E-state index < -0.39 is 7.12 Å². The Labute approximate surface area is 241 Å². The molecule has 0 unspecified atom stereocenters. The van der Waals surface area contributed by atoms with Gasteiger partial charge in [-0.2, -0.15) is 0 Å². The predicted molar refractivity (Wildman–Crippen MR) is 171 cm³/mol. The summed E-state index contributed by atoms with van der Waals surface area (Å²) in [5.41, 5.74) is 11.0. The number of hydrogen-bond donors (Lipinski definition) is 2. The molecule has 2 N–H and O–H groups in total. The maximum absolute atomic E-state index is 9.76. The minimum absolute atomic E-state index is 0.127. The van der Waals surface area contributed by atoms with Gasteiger partial charge in [0, 0.05) is 22.2 Å². The molecule has 1 aliphatic carbocycles. The lowest BCUT2D eigenvalue weighted by Gasteiger charge is -2.29. The molecule has 0 heterocycles. The Hall–Kier alpha value is -4.64. The molecule has 0 atom stereocenters. The first kappa shape index (κ1) is 25.3. The SMILES string of the molecule is CC1(C)c2ccccc2-c2ccc(N(c3ccc(B(O)O)cc3)c3ccc(-c4ccccc4)c4ccccc34)cc21. The van der Waals surface area contributed by atoms with Crippen LogP contribution in [0.5, 0.6) is 0 Å². The first-order valence-corrected chi connectivity index (χ1v) is 14.0. The maximum atomic E-state index is 9.76. The summed E-state index contributed by atoms with van der Waals surface area (Å²) >= 11 is 0. The molecule has 0 fully saturated rings. The molecule has 4 heteroatoms. The maximum Gasteiger partial charge on any atom is 0.488 e. The lowest BCUT2D eigenvalue weighted by Crippen LogP contribution is -2.29. The number of nitrogens with zero attached hydrogens (tertiary/aromatic N) is 1. The molecule has 7 rings (SSSR count). The molecule has 6 aromatic carbocycles. The molecule has 0 aromatic heterocycles. The van der Waals surface area contributed by atoms with Gasteiger partial charge in [-0.1, -0.05) is 117 Å². The number of benzene rings is 6. The molecule has 0 bridgehead atoms. The average molecular weight is 531 g/mol. The molecular formula is C37H30BNO2. The number of fused-ring (bicyclic) bond motifs is 4. The summed E-state index contributed by atoms with van der Waals surface area (Å²) < 4.78 is 0. The highest BCUT2D eigenvalue weighted by atomic mass is 16.4. The van der Waals surface area contributed by atoms with E-state index in [9.17, 15) is 10.0 Å². The Morgan fingerprint density at radius 2 is 1.15 bits per heavy atom. The van der Waals surface area contributed by atoms with Crippen molar-refractivity contribution in [2.75, 3.05) is 4.90 Å². The fourth-order valence-corrected chi connectivity index (χ4v) is 6.40. The van der Waals surface area contributed by atoms with Crippen molar-refractivity contribution < 1.29 is 10.0 Å². The Morgan fingerprint density at radius 3 is 1.90 bits per heavy atom. The minimum atomic E-state index is -1.51. The van der Waals surface area contributed by atoms with Crippen LogP contribution in [-0.4, -0.2) is 17.2 Å². The van der Waals surface area contributed by atoms with Gasteiger partial charge in [-0.25, -0.2) is 0 Å². The van der Waals surface area contributed by atoms with Crippen LogP contribution < -0.4 is 10.4 Å². The molecule has 0 amide bonds. The van der Waals surface area contributed by atoms with E-state index in [1.54, 1.807) is 12.1 Å². The van der Waals surface area contributed by atoms with E-state index in [2.05, 4.69) is 122 Å². The van der Waals surface area contributed by atoms with Crippen molar-refractivity contribution in [1.29, 1.82) is 0 Å². The van der Waals surface area contributed by atoms with Crippen LogP contribution in [0, 0.1) is 0 Å². The molecule has 198 valence electrons. The molecule has 41 heavy (non-hydrogen) atoms. The third-order valence-electron chi connectivity index (χ3n) is 8.50. The normalized spacial score (nSPS) is 13.1. The topological polar surface area (TPSA) is 43.7 Å². The number of hydrogen-bond acceptors (Lipinski definition) is 3. The summed E-state index contributed by atoms with van der Waals surface area (Å²) in [5, 5.41) is 21.8. The Kier molecular flexibility index (Phi) is 6.04. The second-order valence-electron chi connectivity index (χ2n) is 11.2. The first-order valence-electron chi connectivity index (χ1n) is 14.0. The van der Waals surface area contributed by atoms with Crippen LogP contribution in [0.15, 0.2) is 133 Å². The first-order chi connectivity index (χ1) is 19.9. The van der Waals surface area contributed by atoms with Crippen LogP contribution in [0.2, 0.25) is 0 Å². The Balaban J connectivity index is 1.46. The molecule has 1 aliphatic rings. The van der Waals surface area contributed by atoms with Gasteiger partial charge < -0.3 is 14.9 Å². The largest absolute Gasteiger partial charge is 0.488 e. The molecule has 0 spiro atoms. The van der Waals surface area contributed by atoms with Gasteiger partial charge in [0.15, 0.2) is 0 Å². The van der Waals surface area contributed by atoms with Gasteiger partial charge in [0.25, 0.3) is 0 Å². The van der Waals surface area contributed by atoms with Crippen molar-refractivity contribution in [2.45, 2.75) is 19.3 Å². The van der Waals surface area contributed by atoms with Crippen molar-refractivity contribution in [1.82, 2.24) is 0 Å². The van der Waals surface area contributed by atoms with E-state index in [-0.39, 0.29) is 5.41 Å². The summed E-state index contributed by atoms with van der Waals surface area (Å²) in [6.07, 6.45) is 0. The third kappa shape index (κ3) is 4.15. The Morgan fingerprint density at radius 1 is 0.537 bits per heavy atom. The lowest BCUT2D eigenvalue weighted by atomic mass is 9.80. The van der Waals surface area contributed by atoms with E-state index in [4.69, 9.17) is 0 Å². The monoisotopic (exact) mass is 531 g/mol. The molecule has 0 radical (unpaired) electrons. The van der Waals surface area contributed by atoms with E-state index in [0.717, 1.165) is 22.4 Å². The zero-order valence-corrected chi connectivity index (χ0v) is 23.1. The molecule has 6 aromatic rings. The standard InChI is InChI=1S/C37H30BNO2/c1-37(2)34-15-9-8-13-31(34)32-21-20-28(24-35(32)37)39(27-18-16-26(17-19-27)38(40)41)36-23-22-29(25-10-4-3-5-11-25)30-12-6-7-14-33(30)36/h3-24,40-41H,1-2H3. The van der Waals surface area contributed by atoms with Crippen LogP contribution >= 0.6 is 0 Å². The van der Waals surface area contributed by atoms with Gasteiger partial charge in [0.2, 0.25) is 0 Å². The van der Waals surface area contributed by atoms with Crippen LogP contribution in [0.1, 0.15) is 25.0 Å². The summed E-state index contributed by atoms with van der Waals surface area (Å²) in [7, 11) is -1.51. The molecule has 0 saturated heterocycles. The van der Waals surface area contributed by atoms with Gasteiger partial charge in [-0.15, -0.1) is 0 Å². The van der Waals surface area contributed by atoms with Crippen molar-refractivity contribution in [2.24, 2.45) is 0 Å². The fraction of sp³-hybridized carbons (Fsp3) is 0.0811. The van der Waals surface area contributed by atoms with Crippen molar-refractivity contribution >= 4 is 40.4 Å². The van der Waals surface area contributed by atoms with Crippen molar-refractivity contribution in [3.05, 3.63) is 145 Å². The smallest absolute Gasteiger partial charge is 0.423 e. The second kappa shape index (κ2) is 9.77. The second-order valence-corrected chi connectivity index (χ2v) is 11.2. The third-order valence-corrected chi connectivity index (χ3v) is 8.50. The van der Waals surface area contributed by atoms with Crippen molar-refractivity contribution in [3.63, 3.8) is 0 Å². The van der Waals surface area contributed by atoms with Gasteiger partial charge in [0.05, 0.1) is 5.69 Å². The van der Waals surface area contributed by atoms with E-state index in [1.165, 1.54) is 38.8 Å². The summed E-state index contributed by atoms with van der Waals surface area (Å²) in [6.45, 7) is 4.60. The van der Waals surface area contributed by atoms with Gasteiger partial charge in [-0.3, -0.25) is 0 Å². The zero-order valence-electron chi connectivity index (χ0n) is 23.1. The van der Waals surface area contributed by atoms with Crippen LogP contribution in [0.4, 0.5) is 17.1 Å². The highest BCUT2D eigenvalue weighted by Gasteiger charge is 2.35. The highest BCUT2D eigenvalue weighted by Crippen LogP contribution is 2.51. The zero-order chi connectivity index (χ0) is 28.1. The Bertz CT molecular complexity index is 1900. The van der Waals surface area contributed by atoms with Crippen LogP contribution in [0.25, 0.3) is 33.0 Å². The molecule has 0 saturated carbocycles. The summed E-state index contributed by atoms with van der Waals surface area (Å²) in [6, 6.07) is 46.4. The van der Waals surface area contributed by atoms with Crippen LogP contribution in [-0.2, 0) is 5.41 Å². The predicted octanol–water partition coefficient (Wildman–Crippen LogP) is 7.96. The molecular weight excluding hydrogens is 501 g/mol. The van der Waals surface area contributed by atoms with E-state index >= 15 is 0 Å². The highest BCUT2D eigenvalue weighted by molar-refractivity contribution is 6.58. The summed E-state index contributed by atoms with van der Waals surface area (Å²) in [5.74, 6) is 0. The van der Waals surface area contributed by atoms with Crippen LogP contribution in [0.3, 0.4) is 0 Å². The lowest BCUT2D eigenvalue weighted by molar-refractivity contribution is 0.426. The van der Waals surface area contributed by atoms with E-state index in [1.807, 2.05) is 18.2 Å². The quantitative estimate of drug-likeness (QED) is 0.222.